The minimum atomic E-state index is -0.523. The van der Waals surface area contributed by atoms with Gasteiger partial charge in [0.2, 0.25) is 0 Å². The molecule has 2 atom stereocenters. The summed E-state index contributed by atoms with van der Waals surface area (Å²) < 4.78 is 6.11. The van der Waals surface area contributed by atoms with E-state index in [9.17, 15) is 4.79 Å². The number of amides is 1. The first-order valence-corrected chi connectivity index (χ1v) is 9.51. The molecule has 140 valence electrons. The van der Waals surface area contributed by atoms with Crippen LogP contribution in [0.15, 0.2) is 60.7 Å². The van der Waals surface area contributed by atoms with Crippen LogP contribution in [0.2, 0.25) is 0 Å². The quantitative estimate of drug-likeness (QED) is 0.630. The predicted molar refractivity (Wildman–Crippen MR) is 111 cm³/mol. The molecule has 0 saturated carbocycles. The Hall–Kier alpha value is -2.81. The molecule has 1 amide bonds. The van der Waals surface area contributed by atoms with Crippen LogP contribution >= 0.6 is 0 Å². The molecule has 3 rings (SSSR count). The molecule has 0 aliphatic carbocycles. The number of hydrogen-bond acceptors (Lipinski definition) is 2. The third kappa shape index (κ3) is 4.30. The fourth-order valence-corrected chi connectivity index (χ4v) is 3.20. The van der Waals surface area contributed by atoms with Gasteiger partial charge < -0.3 is 10.1 Å². The van der Waals surface area contributed by atoms with Crippen LogP contribution in [0.4, 0.5) is 0 Å². The predicted octanol–water partition coefficient (Wildman–Crippen LogP) is 5.49. The summed E-state index contributed by atoms with van der Waals surface area (Å²) in [6.45, 7) is 8.15. The third-order valence-corrected chi connectivity index (χ3v) is 5.07. The molecule has 0 aliphatic heterocycles. The van der Waals surface area contributed by atoms with E-state index in [-0.39, 0.29) is 11.9 Å². The second-order valence-electron chi connectivity index (χ2n) is 7.07. The minimum Gasteiger partial charge on any atom is -0.480 e. The van der Waals surface area contributed by atoms with Crippen molar-refractivity contribution in [2.75, 3.05) is 0 Å². The van der Waals surface area contributed by atoms with E-state index in [0.717, 1.165) is 22.1 Å². The van der Waals surface area contributed by atoms with Crippen LogP contribution in [0, 0.1) is 13.8 Å². The summed E-state index contributed by atoms with van der Waals surface area (Å²) in [5.41, 5.74) is 3.59. The van der Waals surface area contributed by atoms with Crippen molar-refractivity contribution in [2.24, 2.45) is 0 Å². The number of fused-ring (bicyclic) bond motifs is 1. The lowest BCUT2D eigenvalue weighted by atomic mass is 10.0. The fraction of sp³-hybridized carbons (Fsp3) is 0.292. The number of carbonyl (C=O) groups excluding carboxylic acids is 1. The zero-order valence-electron chi connectivity index (χ0n) is 16.5. The van der Waals surface area contributed by atoms with Crippen molar-refractivity contribution in [3.05, 3.63) is 77.4 Å². The summed E-state index contributed by atoms with van der Waals surface area (Å²) in [5.74, 6) is 0.657. The van der Waals surface area contributed by atoms with Crippen molar-refractivity contribution in [1.82, 2.24) is 5.32 Å². The van der Waals surface area contributed by atoms with Gasteiger partial charge in [-0.1, -0.05) is 61.5 Å². The third-order valence-electron chi connectivity index (χ3n) is 5.07. The molecular formula is C24H27NO2. The Balaban J connectivity index is 1.74. The number of rotatable bonds is 6. The van der Waals surface area contributed by atoms with Gasteiger partial charge in [0.15, 0.2) is 6.10 Å². The smallest absolute Gasteiger partial charge is 0.261 e. The van der Waals surface area contributed by atoms with Gasteiger partial charge in [-0.15, -0.1) is 0 Å². The van der Waals surface area contributed by atoms with Crippen LogP contribution < -0.4 is 10.1 Å². The Morgan fingerprint density at radius 1 is 1.00 bits per heavy atom. The molecule has 0 unspecified atom stereocenters. The van der Waals surface area contributed by atoms with E-state index >= 15 is 0 Å². The maximum Gasteiger partial charge on any atom is 0.261 e. The number of aryl methyl sites for hydroxylation is 2. The van der Waals surface area contributed by atoms with E-state index in [1.54, 1.807) is 0 Å². The monoisotopic (exact) mass is 361 g/mol. The van der Waals surface area contributed by atoms with E-state index in [0.29, 0.717) is 6.42 Å². The van der Waals surface area contributed by atoms with Crippen LogP contribution in [0.1, 0.15) is 43.0 Å². The number of benzene rings is 3. The molecule has 0 radical (unpaired) electrons. The first kappa shape index (κ1) is 19.0. The lowest BCUT2D eigenvalue weighted by molar-refractivity contribution is -0.128. The molecule has 0 aromatic heterocycles. The Bertz CT molecular complexity index is 943. The highest BCUT2D eigenvalue weighted by Crippen LogP contribution is 2.27. The SMILES string of the molecule is CC[C@H](Oc1cccc2ccccc12)C(=O)N[C@@H](C)c1ccc(C)c(C)c1. The van der Waals surface area contributed by atoms with Crippen molar-refractivity contribution in [2.45, 2.75) is 46.3 Å². The maximum absolute atomic E-state index is 12.8. The van der Waals surface area contributed by atoms with Crippen molar-refractivity contribution in [3.8, 4) is 5.75 Å². The van der Waals surface area contributed by atoms with Crippen LogP contribution in [0.25, 0.3) is 10.8 Å². The van der Waals surface area contributed by atoms with Crippen LogP contribution in [0.5, 0.6) is 5.75 Å². The lowest BCUT2D eigenvalue weighted by Gasteiger charge is -2.22. The second-order valence-corrected chi connectivity index (χ2v) is 7.07. The fourth-order valence-electron chi connectivity index (χ4n) is 3.20. The van der Waals surface area contributed by atoms with E-state index in [2.05, 4.69) is 37.4 Å². The Morgan fingerprint density at radius 2 is 1.74 bits per heavy atom. The molecule has 0 aliphatic rings. The van der Waals surface area contributed by atoms with E-state index in [1.165, 1.54) is 11.1 Å². The number of nitrogens with one attached hydrogen (secondary N) is 1. The normalized spacial score (nSPS) is 13.2. The molecule has 0 spiro atoms. The molecule has 3 aromatic carbocycles. The van der Waals surface area contributed by atoms with Crippen molar-refractivity contribution in [1.29, 1.82) is 0 Å². The number of hydrogen-bond donors (Lipinski definition) is 1. The van der Waals surface area contributed by atoms with Gasteiger partial charge in [0.25, 0.3) is 5.91 Å². The highest BCUT2D eigenvalue weighted by atomic mass is 16.5. The molecule has 3 heteroatoms. The van der Waals surface area contributed by atoms with Crippen LogP contribution in [0.3, 0.4) is 0 Å². The highest BCUT2D eigenvalue weighted by molar-refractivity contribution is 5.89. The van der Waals surface area contributed by atoms with Gasteiger partial charge >= 0.3 is 0 Å². The van der Waals surface area contributed by atoms with E-state index in [1.807, 2.05) is 56.3 Å². The molecule has 0 saturated heterocycles. The molecule has 3 aromatic rings. The highest BCUT2D eigenvalue weighted by Gasteiger charge is 2.21. The summed E-state index contributed by atoms with van der Waals surface area (Å²) in [6.07, 6.45) is 0.0825. The van der Waals surface area contributed by atoms with E-state index < -0.39 is 6.10 Å². The molecule has 0 bridgehead atoms. The topological polar surface area (TPSA) is 38.3 Å². The van der Waals surface area contributed by atoms with Crippen LogP contribution in [-0.2, 0) is 4.79 Å². The Morgan fingerprint density at radius 3 is 2.48 bits per heavy atom. The van der Waals surface area contributed by atoms with Gasteiger partial charge in [-0.2, -0.15) is 0 Å². The zero-order valence-corrected chi connectivity index (χ0v) is 16.5. The first-order chi connectivity index (χ1) is 13.0. The number of ether oxygens (including phenoxy) is 1. The zero-order chi connectivity index (χ0) is 19.4. The molecule has 0 heterocycles. The van der Waals surface area contributed by atoms with Crippen LogP contribution in [-0.4, -0.2) is 12.0 Å². The summed E-state index contributed by atoms with van der Waals surface area (Å²) >= 11 is 0. The molecule has 27 heavy (non-hydrogen) atoms. The minimum absolute atomic E-state index is 0.0676. The van der Waals surface area contributed by atoms with Gasteiger partial charge in [0.1, 0.15) is 5.75 Å². The van der Waals surface area contributed by atoms with Crippen molar-refractivity contribution in [3.63, 3.8) is 0 Å². The van der Waals surface area contributed by atoms with Crippen molar-refractivity contribution >= 4 is 16.7 Å². The van der Waals surface area contributed by atoms with Gasteiger partial charge in [-0.3, -0.25) is 4.79 Å². The standard InChI is InChI=1S/C24H27NO2/c1-5-22(27-23-12-8-10-19-9-6-7-11-21(19)23)24(26)25-18(4)20-14-13-16(2)17(3)15-20/h6-15,18,22H,5H2,1-4H3,(H,25,26)/t18-,22-/m0/s1. The average molecular weight is 361 g/mol. The van der Waals surface area contributed by atoms with Gasteiger partial charge in [-0.05, 0) is 55.3 Å². The summed E-state index contributed by atoms with van der Waals surface area (Å²) in [5, 5.41) is 5.23. The summed E-state index contributed by atoms with van der Waals surface area (Å²) in [4.78, 5) is 12.8. The van der Waals surface area contributed by atoms with Gasteiger partial charge in [0, 0.05) is 5.39 Å². The van der Waals surface area contributed by atoms with Crippen molar-refractivity contribution < 1.29 is 9.53 Å². The average Bonchev–Trinajstić information content (AvgIpc) is 2.68. The maximum atomic E-state index is 12.8. The molecular weight excluding hydrogens is 334 g/mol. The molecule has 3 nitrogen and oxygen atoms in total. The summed E-state index contributed by atoms with van der Waals surface area (Å²) in [7, 11) is 0. The Kier molecular flexibility index (Phi) is 5.80. The number of carbonyl (C=O) groups is 1. The summed E-state index contributed by atoms with van der Waals surface area (Å²) in [6, 6.07) is 20.2. The first-order valence-electron chi connectivity index (χ1n) is 9.51. The lowest BCUT2D eigenvalue weighted by Crippen LogP contribution is -2.39. The second kappa shape index (κ2) is 8.26. The molecule has 0 fully saturated rings. The van der Waals surface area contributed by atoms with E-state index in [4.69, 9.17) is 4.74 Å². The van der Waals surface area contributed by atoms with Gasteiger partial charge in [-0.25, -0.2) is 0 Å². The largest absolute Gasteiger partial charge is 0.480 e. The Labute approximate surface area is 161 Å². The molecule has 1 N–H and O–H groups in total. The van der Waals surface area contributed by atoms with Gasteiger partial charge in [0.05, 0.1) is 6.04 Å².